The number of nitrogens with one attached hydrogen (secondary N) is 1. The van der Waals surface area contributed by atoms with E-state index < -0.39 is 0 Å². The summed E-state index contributed by atoms with van der Waals surface area (Å²) in [6.07, 6.45) is 2.06. The third-order valence-electron chi connectivity index (χ3n) is 2.98. The molecule has 1 fully saturated rings. The van der Waals surface area contributed by atoms with Crippen molar-refractivity contribution in [1.29, 1.82) is 0 Å². The van der Waals surface area contributed by atoms with E-state index in [2.05, 4.69) is 5.32 Å². The first-order valence-electron chi connectivity index (χ1n) is 6.08. The van der Waals surface area contributed by atoms with Crippen LogP contribution >= 0.6 is 23.2 Å². The maximum atomic E-state index is 11.9. The van der Waals surface area contributed by atoms with Crippen LogP contribution < -0.4 is 5.32 Å². The Hall–Kier alpha value is -1.26. The predicted molar refractivity (Wildman–Crippen MR) is 74.6 cm³/mol. The summed E-state index contributed by atoms with van der Waals surface area (Å²) < 4.78 is 0. The number of rotatable bonds is 3. The van der Waals surface area contributed by atoms with Crippen LogP contribution in [0.15, 0.2) is 18.2 Å². The molecule has 1 aliphatic rings. The second-order valence-corrected chi connectivity index (χ2v) is 5.30. The number of benzene rings is 1. The molecule has 0 bridgehead atoms. The molecule has 1 aliphatic heterocycles. The molecule has 1 aromatic carbocycles. The first-order valence-corrected chi connectivity index (χ1v) is 6.84. The fraction of sp³-hybridized carbons (Fsp3) is 0.385. The van der Waals surface area contributed by atoms with Gasteiger partial charge in [0.15, 0.2) is 0 Å². The van der Waals surface area contributed by atoms with Crippen LogP contribution in [0.25, 0.3) is 0 Å². The summed E-state index contributed by atoms with van der Waals surface area (Å²) in [6.45, 7) is 1.55. The van der Waals surface area contributed by atoms with Crippen molar-refractivity contribution in [2.45, 2.75) is 12.8 Å². The second kappa shape index (κ2) is 6.26. The molecular weight excluding hydrogens is 287 g/mol. The molecule has 1 N–H and O–H groups in total. The summed E-state index contributed by atoms with van der Waals surface area (Å²) in [5.41, 5.74) is 0.353. The van der Waals surface area contributed by atoms with E-state index in [0.29, 0.717) is 15.6 Å². The Morgan fingerprint density at radius 3 is 2.26 bits per heavy atom. The summed E-state index contributed by atoms with van der Waals surface area (Å²) in [5.74, 6) is -0.407. The lowest BCUT2D eigenvalue weighted by molar-refractivity contribution is -0.129. The molecule has 19 heavy (non-hydrogen) atoms. The van der Waals surface area contributed by atoms with Gasteiger partial charge in [0, 0.05) is 28.7 Å². The van der Waals surface area contributed by atoms with Gasteiger partial charge in [0.1, 0.15) is 0 Å². The van der Waals surface area contributed by atoms with Crippen molar-refractivity contribution in [1.82, 2.24) is 10.2 Å². The maximum absolute atomic E-state index is 11.9. The summed E-state index contributed by atoms with van der Waals surface area (Å²) >= 11 is 11.6. The fourth-order valence-electron chi connectivity index (χ4n) is 2.02. The molecule has 1 heterocycles. The lowest BCUT2D eigenvalue weighted by Crippen LogP contribution is -2.38. The highest BCUT2D eigenvalue weighted by Crippen LogP contribution is 2.18. The summed E-state index contributed by atoms with van der Waals surface area (Å²) in [5, 5.41) is 3.37. The SMILES string of the molecule is O=C(NCC(=O)N1CCCC1)c1cc(Cl)cc(Cl)c1. The number of halogens is 2. The molecule has 0 aliphatic carbocycles. The van der Waals surface area contributed by atoms with Gasteiger partial charge in [-0.05, 0) is 31.0 Å². The number of nitrogens with zero attached hydrogens (tertiary/aromatic N) is 1. The Morgan fingerprint density at radius 1 is 1.11 bits per heavy atom. The molecule has 1 saturated heterocycles. The van der Waals surface area contributed by atoms with Gasteiger partial charge >= 0.3 is 0 Å². The molecule has 2 amide bonds. The van der Waals surface area contributed by atoms with Gasteiger partial charge < -0.3 is 10.2 Å². The van der Waals surface area contributed by atoms with Gasteiger partial charge in [0.25, 0.3) is 5.91 Å². The van der Waals surface area contributed by atoms with E-state index in [1.54, 1.807) is 11.0 Å². The van der Waals surface area contributed by atoms with Crippen molar-refractivity contribution in [3.05, 3.63) is 33.8 Å². The third-order valence-corrected chi connectivity index (χ3v) is 3.42. The highest BCUT2D eigenvalue weighted by Gasteiger charge is 2.18. The average molecular weight is 301 g/mol. The van der Waals surface area contributed by atoms with Crippen molar-refractivity contribution in [2.24, 2.45) is 0 Å². The van der Waals surface area contributed by atoms with Crippen LogP contribution in [0.3, 0.4) is 0 Å². The van der Waals surface area contributed by atoms with Crippen molar-refractivity contribution in [3.8, 4) is 0 Å². The van der Waals surface area contributed by atoms with E-state index in [1.165, 1.54) is 12.1 Å². The molecule has 0 saturated carbocycles. The highest BCUT2D eigenvalue weighted by atomic mass is 35.5. The number of hydrogen-bond donors (Lipinski definition) is 1. The molecule has 1 aromatic rings. The summed E-state index contributed by atoms with van der Waals surface area (Å²) in [7, 11) is 0. The maximum Gasteiger partial charge on any atom is 0.251 e. The Bertz CT molecular complexity index is 479. The minimum atomic E-state index is -0.350. The first kappa shape index (κ1) is 14.2. The normalized spacial score (nSPS) is 14.5. The van der Waals surface area contributed by atoms with Crippen LogP contribution in [0.4, 0.5) is 0 Å². The zero-order valence-corrected chi connectivity index (χ0v) is 11.8. The number of carbonyl (C=O) groups excluding carboxylic acids is 2. The van der Waals surface area contributed by atoms with E-state index in [-0.39, 0.29) is 18.4 Å². The number of amides is 2. The van der Waals surface area contributed by atoms with Gasteiger partial charge in [0.2, 0.25) is 5.91 Å². The van der Waals surface area contributed by atoms with Crippen LogP contribution in [0.1, 0.15) is 23.2 Å². The molecule has 0 unspecified atom stereocenters. The van der Waals surface area contributed by atoms with Crippen molar-refractivity contribution in [2.75, 3.05) is 19.6 Å². The minimum absolute atomic E-state index is 0.00294. The highest BCUT2D eigenvalue weighted by molar-refractivity contribution is 6.35. The van der Waals surface area contributed by atoms with Crippen LogP contribution in [-0.4, -0.2) is 36.3 Å². The third kappa shape index (κ3) is 3.85. The number of likely N-dealkylation sites (tertiary alicyclic amines) is 1. The smallest absolute Gasteiger partial charge is 0.251 e. The number of carbonyl (C=O) groups is 2. The summed E-state index contributed by atoms with van der Waals surface area (Å²) in [6, 6.07) is 4.58. The summed E-state index contributed by atoms with van der Waals surface area (Å²) in [4.78, 5) is 25.4. The molecule has 6 heteroatoms. The average Bonchev–Trinajstić information content (AvgIpc) is 2.88. The van der Waals surface area contributed by atoms with E-state index in [9.17, 15) is 9.59 Å². The molecule has 4 nitrogen and oxygen atoms in total. The van der Waals surface area contributed by atoms with Crippen molar-refractivity contribution >= 4 is 35.0 Å². The lowest BCUT2D eigenvalue weighted by Gasteiger charge is -2.15. The Balaban J connectivity index is 1.91. The van der Waals surface area contributed by atoms with Gasteiger partial charge in [-0.25, -0.2) is 0 Å². The lowest BCUT2D eigenvalue weighted by atomic mass is 10.2. The quantitative estimate of drug-likeness (QED) is 0.931. The molecule has 2 rings (SSSR count). The number of hydrogen-bond acceptors (Lipinski definition) is 2. The monoisotopic (exact) mass is 300 g/mol. The van der Waals surface area contributed by atoms with E-state index in [1.807, 2.05) is 0 Å². The minimum Gasteiger partial charge on any atom is -0.343 e. The van der Waals surface area contributed by atoms with Crippen molar-refractivity contribution in [3.63, 3.8) is 0 Å². The van der Waals surface area contributed by atoms with Crippen LogP contribution in [-0.2, 0) is 4.79 Å². The van der Waals surface area contributed by atoms with Gasteiger partial charge in [0.05, 0.1) is 6.54 Å². The zero-order valence-electron chi connectivity index (χ0n) is 10.3. The molecule has 0 radical (unpaired) electrons. The molecule has 102 valence electrons. The topological polar surface area (TPSA) is 49.4 Å². The van der Waals surface area contributed by atoms with Gasteiger partial charge in [-0.2, -0.15) is 0 Å². The van der Waals surface area contributed by atoms with Crippen LogP contribution in [0.2, 0.25) is 10.0 Å². The van der Waals surface area contributed by atoms with Gasteiger partial charge in [-0.3, -0.25) is 9.59 Å². The van der Waals surface area contributed by atoms with E-state index in [4.69, 9.17) is 23.2 Å². The van der Waals surface area contributed by atoms with Crippen LogP contribution in [0, 0.1) is 0 Å². The predicted octanol–water partition coefficient (Wildman–Crippen LogP) is 2.35. The van der Waals surface area contributed by atoms with E-state index >= 15 is 0 Å². The standard InChI is InChI=1S/C13H14Cl2N2O2/c14-10-5-9(6-11(15)7-10)13(19)16-8-12(18)17-3-1-2-4-17/h5-7H,1-4,8H2,(H,16,19). The molecule has 0 atom stereocenters. The zero-order chi connectivity index (χ0) is 13.8. The van der Waals surface area contributed by atoms with E-state index in [0.717, 1.165) is 25.9 Å². The van der Waals surface area contributed by atoms with Gasteiger partial charge in [-0.15, -0.1) is 0 Å². The first-order chi connectivity index (χ1) is 9.06. The largest absolute Gasteiger partial charge is 0.343 e. The Morgan fingerprint density at radius 2 is 1.68 bits per heavy atom. The molecule has 0 spiro atoms. The molecular formula is C13H14Cl2N2O2. The molecule has 0 aromatic heterocycles. The van der Waals surface area contributed by atoms with Crippen LogP contribution in [0.5, 0.6) is 0 Å². The Kier molecular flexibility index (Phi) is 4.66. The van der Waals surface area contributed by atoms with Gasteiger partial charge in [-0.1, -0.05) is 23.2 Å². The second-order valence-electron chi connectivity index (χ2n) is 4.43. The Labute approximate surface area is 121 Å². The van der Waals surface area contributed by atoms with Crippen molar-refractivity contribution < 1.29 is 9.59 Å². The fourth-order valence-corrected chi connectivity index (χ4v) is 2.55.